The first-order valence-corrected chi connectivity index (χ1v) is 6.76. The monoisotopic (exact) mass is 296 g/mol. The fourth-order valence-electron chi connectivity index (χ4n) is 1.83. The van der Waals surface area contributed by atoms with Crippen molar-refractivity contribution in [1.82, 2.24) is 5.32 Å². The van der Waals surface area contributed by atoms with Crippen LogP contribution in [0.3, 0.4) is 0 Å². The lowest BCUT2D eigenvalue weighted by Gasteiger charge is -2.17. The van der Waals surface area contributed by atoms with E-state index < -0.39 is 0 Å². The molecule has 118 valence electrons. The van der Waals surface area contributed by atoms with Crippen molar-refractivity contribution < 1.29 is 19.0 Å². The summed E-state index contributed by atoms with van der Waals surface area (Å²) in [6.07, 6.45) is 0. The second kappa shape index (κ2) is 7.73. The third-order valence-corrected chi connectivity index (χ3v) is 3.39. The number of benzene rings is 1. The lowest BCUT2D eigenvalue weighted by atomic mass is 10.0. The number of amides is 1. The lowest BCUT2D eigenvalue weighted by molar-refractivity contribution is -0.125. The molecule has 0 saturated carbocycles. The van der Waals surface area contributed by atoms with E-state index in [4.69, 9.17) is 19.9 Å². The molecular weight excluding hydrogens is 272 g/mol. The minimum atomic E-state index is -0.243. The van der Waals surface area contributed by atoms with Gasteiger partial charge >= 0.3 is 0 Å². The number of carbonyl (C=O) groups is 1. The number of ether oxygens (including phenoxy) is 3. The number of nitrogens with two attached hydrogens (primary N) is 1. The van der Waals surface area contributed by atoms with E-state index >= 15 is 0 Å². The summed E-state index contributed by atoms with van der Waals surface area (Å²) >= 11 is 0. The Morgan fingerprint density at radius 3 is 2.05 bits per heavy atom. The lowest BCUT2D eigenvalue weighted by Crippen LogP contribution is -2.38. The summed E-state index contributed by atoms with van der Waals surface area (Å²) in [6.45, 7) is 3.98. The SMILES string of the molecule is COc1cc(CNC(=O)C(C)C(C)N)cc(OC)c1OC. The first-order chi connectivity index (χ1) is 9.94. The van der Waals surface area contributed by atoms with Crippen LogP contribution in [0.5, 0.6) is 17.2 Å². The van der Waals surface area contributed by atoms with Crippen molar-refractivity contribution in [2.45, 2.75) is 26.4 Å². The Kier molecular flexibility index (Phi) is 6.30. The molecule has 2 atom stereocenters. The van der Waals surface area contributed by atoms with Gasteiger partial charge in [0.1, 0.15) is 0 Å². The Morgan fingerprint density at radius 2 is 1.67 bits per heavy atom. The predicted octanol–water partition coefficient (Wildman–Crippen LogP) is 1.31. The average molecular weight is 296 g/mol. The van der Waals surface area contributed by atoms with Crippen LogP contribution in [0.2, 0.25) is 0 Å². The van der Waals surface area contributed by atoms with E-state index in [9.17, 15) is 4.79 Å². The van der Waals surface area contributed by atoms with Gasteiger partial charge in [0.05, 0.1) is 21.3 Å². The summed E-state index contributed by atoms with van der Waals surface area (Å²) < 4.78 is 15.8. The van der Waals surface area contributed by atoms with Crippen molar-refractivity contribution in [1.29, 1.82) is 0 Å². The van der Waals surface area contributed by atoms with Crippen LogP contribution < -0.4 is 25.3 Å². The number of carbonyl (C=O) groups excluding carboxylic acids is 1. The van der Waals surface area contributed by atoms with Crippen LogP contribution >= 0.6 is 0 Å². The van der Waals surface area contributed by atoms with Crippen molar-refractivity contribution in [2.24, 2.45) is 11.7 Å². The second-order valence-corrected chi connectivity index (χ2v) is 4.90. The highest BCUT2D eigenvalue weighted by atomic mass is 16.5. The molecule has 2 unspecified atom stereocenters. The van der Waals surface area contributed by atoms with E-state index in [0.717, 1.165) is 5.56 Å². The molecule has 0 bridgehead atoms. The molecule has 0 aliphatic carbocycles. The number of hydrogen-bond acceptors (Lipinski definition) is 5. The van der Waals surface area contributed by atoms with Crippen LogP contribution in [-0.4, -0.2) is 33.3 Å². The van der Waals surface area contributed by atoms with Crippen molar-refractivity contribution >= 4 is 5.91 Å². The average Bonchev–Trinajstić information content (AvgIpc) is 2.50. The zero-order valence-corrected chi connectivity index (χ0v) is 13.2. The number of methoxy groups -OCH3 is 3. The number of rotatable bonds is 7. The Bertz CT molecular complexity index is 464. The molecule has 0 radical (unpaired) electrons. The molecule has 1 rings (SSSR count). The quantitative estimate of drug-likeness (QED) is 0.793. The van der Waals surface area contributed by atoms with E-state index in [2.05, 4.69) is 5.32 Å². The van der Waals surface area contributed by atoms with Crippen molar-refractivity contribution in [3.8, 4) is 17.2 Å². The molecule has 6 nitrogen and oxygen atoms in total. The molecular formula is C15H24N2O4. The van der Waals surface area contributed by atoms with Gasteiger partial charge in [0, 0.05) is 18.5 Å². The van der Waals surface area contributed by atoms with Gasteiger partial charge in [-0.25, -0.2) is 0 Å². The molecule has 0 fully saturated rings. The largest absolute Gasteiger partial charge is 0.493 e. The van der Waals surface area contributed by atoms with Crippen LogP contribution in [0.1, 0.15) is 19.4 Å². The molecule has 0 saturated heterocycles. The molecule has 3 N–H and O–H groups in total. The maximum absolute atomic E-state index is 11.9. The topological polar surface area (TPSA) is 82.8 Å². The minimum Gasteiger partial charge on any atom is -0.493 e. The van der Waals surface area contributed by atoms with Gasteiger partial charge in [0.25, 0.3) is 0 Å². The van der Waals surface area contributed by atoms with E-state index in [-0.39, 0.29) is 17.9 Å². The van der Waals surface area contributed by atoms with Crippen LogP contribution in [0.15, 0.2) is 12.1 Å². The van der Waals surface area contributed by atoms with Crippen molar-refractivity contribution in [3.63, 3.8) is 0 Å². The Morgan fingerprint density at radius 1 is 1.14 bits per heavy atom. The molecule has 1 amide bonds. The standard InChI is InChI=1S/C15H24N2O4/c1-9(10(2)16)15(18)17-8-11-6-12(19-3)14(21-5)13(7-11)20-4/h6-7,9-10H,8,16H2,1-5H3,(H,17,18). The predicted molar refractivity (Wildman–Crippen MR) is 80.8 cm³/mol. The normalized spacial score (nSPS) is 13.2. The summed E-state index contributed by atoms with van der Waals surface area (Å²) in [5.41, 5.74) is 6.57. The zero-order valence-electron chi connectivity index (χ0n) is 13.2. The van der Waals surface area contributed by atoms with Crippen LogP contribution in [0.25, 0.3) is 0 Å². The fourth-order valence-corrected chi connectivity index (χ4v) is 1.83. The first-order valence-electron chi connectivity index (χ1n) is 6.76. The summed E-state index contributed by atoms with van der Waals surface area (Å²) in [7, 11) is 4.65. The summed E-state index contributed by atoms with van der Waals surface area (Å²) in [5, 5.41) is 2.85. The fraction of sp³-hybridized carbons (Fsp3) is 0.533. The van der Waals surface area contributed by atoms with E-state index in [1.807, 2.05) is 6.92 Å². The van der Waals surface area contributed by atoms with E-state index in [0.29, 0.717) is 23.8 Å². The van der Waals surface area contributed by atoms with Gasteiger partial charge < -0.3 is 25.3 Å². The summed E-state index contributed by atoms with van der Waals surface area (Å²) in [5.74, 6) is 1.31. The van der Waals surface area contributed by atoms with Crippen molar-refractivity contribution in [3.05, 3.63) is 17.7 Å². The van der Waals surface area contributed by atoms with Crippen LogP contribution in [-0.2, 0) is 11.3 Å². The molecule has 0 spiro atoms. The summed E-state index contributed by atoms with van der Waals surface area (Å²) in [4.78, 5) is 11.9. The van der Waals surface area contributed by atoms with Gasteiger partial charge in [-0.2, -0.15) is 0 Å². The maximum atomic E-state index is 11.9. The van der Waals surface area contributed by atoms with Crippen LogP contribution in [0, 0.1) is 5.92 Å². The van der Waals surface area contributed by atoms with E-state index in [1.54, 1.807) is 40.4 Å². The smallest absolute Gasteiger partial charge is 0.224 e. The van der Waals surface area contributed by atoms with Crippen LogP contribution in [0.4, 0.5) is 0 Å². The van der Waals surface area contributed by atoms with E-state index in [1.165, 1.54) is 0 Å². The van der Waals surface area contributed by atoms with Gasteiger partial charge in [-0.1, -0.05) is 6.92 Å². The number of nitrogens with one attached hydrogen (secondary N) is 1. The Balaban J connectivity index is 2.87. The third-order valence-electron chi connectivity index (χ3n) is 3.39. The molecule has 1 aromatic rings. The molecule has 21 heavy (non-hydrogen) atoms. The third kappa shape index (κ3) is 4.26. The highest BCUT2D eigenvalue weighted by Crippen LogP contribution is 2.38. The van der Waals surface area contributed by atoms with Gasteiger partial charge in [-0.15, -0.1) is 0 Å². The molecule has 6 heteroatoms. The number of hydrogen-bond donors (Lipinski definition) is 2. The zero-order chi connectivity index (χ0) is 16.0. The van der Waals surface area contributed by atoms with Gasteiger partial charge in [-0.3, -0.25) is 4.79 Å². The summed E-state index contributed by atoms with van der Waals surface area (Å²) in [6, 6.07) is 3.42. The molecule has 0 heterocycles. The second-order valence-electron chi connectivity index (χ2n) is 4.90. The van der Waals surface area contributed by atoms with Crippen molar-refractivity contribution in [2.75, 3.05) is 21.3 Å². The van der Waals surface area contributed by atoms with Gasteiger partial charge in [0.2, 0.25) is 11.7 Å². The molecule has 0 aromatic heterocycles. The minimum absolute atomic E-state index is 0.0845. The highest BCUT2D eigenvalue weighted by Gasteiger charge is 2.18. The molecule has 0 aliphatic heterocycles. The molecule has 1 aromatic carbocycles. The van der Waals surface area contributed by atoms with Gasteiger partial charge in [-0.05, 0) is 24.6 Å². The Hall–Kier alpha value is -1.95. The first kappa shape index (κ1) is 17.1. The maximum Gasteiger partial charge on any atom is 0.224 e. The van der Waals surface area contributed by atoms with Gasteiger partial charge in [0.15, 0.2) is 11.5 Å². The Labute approximate surface area is 125 Å². The molecule has 0 aliphatic rings. The highest BCUT2D eigenvalue weighted by molar-refractivity contribution is 5.78.